The fourth-order valence-electron chi connectivity index (χ4n) is 3.10. The van der Waals surface area contributed by atoms with Gasteiger partial charge in [0.1, 0.15) is 17.8 Å². The summed E-state index contributed by atoms with van der Waals surface area (Å²) in [7, 11) is 0. The van der Waals surface area contributed by atoms with Crippen LogP contribution in [0.2, 0.25) is 5.02 Å². The number of aromatic nitrogens is 5. The minimum absolute atomic E-state index is 0.318. The molecule has 0 radical (unpaired) electrons. The van der Waals surface area contributed by atoms with Crippen molar-refractivity contribution in [2.24, 2.45) is 5.73 Å². The lowest BCUT2D eigenvalue weighted by Gasteiger charge is -2.19. The van der Waals surface area contributed by atoms with Crippen LogP contribution in [0.5, 0.6) is 0 Å². The van der Waals surface area contributed by atoms with Gasteiger partial charge < -0.3 is 16.5 Å². The Bertz CT molecular complexity index is 1220. The molecule has 27 heavy (non-hydrogen) atoms. The highest BCUT2D eigenvalue weighted by Gasteiger charge is 2.26. The molecule has 0 bridgehead atoms. The van der Waals surface area contributed by atoms with E-state index >= 15 is 0 Å². The van der Waals surface area contributed by atoms with Gasteiger partial charge in [-0.1, -0.05) is 17.7 Å². The summed E-state index contributed by atoms with van der Waals surface area (Å²) in [6, 6.07) is 5.05. The number of carbonyl (C=O) groups excluding carboxylic acids is 1. The SMILES string of the molecule is CC(C)(C)n1nc(-c2[nH]c3cc(C(N)=O)ccc3c2Cl)c2c(N)ncnc21. The molecule has 5 N–H and O–H groups in total. The second-order valence-electron chi connectivity index (χ2n) is 7.33. The van der Waals surface area contributed by atoms with E-state index in [-0.39, 0.29) is 5.54 Å². The van der Waals surface area contributed by atoms with Gasteiger partial charge in [-0.15, -0.1) is 0 Å². The molecule has 0 aliphatic heterocycles. The Morgan fingerprint density at radius 3 is 2.67 bits per heavy atom. The molecule has 0 spiro atoms. The van der Waals surface area contributed by atoms with Crippen molar-refractivity contribution in [1.82, 2.24) is 24.7 Å². The maximum atomic E-state index is 11.5. The molecule has 8 nitrogen and oxygen atoms in total. The van der Waals surface area contributed by atoms with Crippen molar-refractivity contribution in [2.75, 3.05) is 5.73 Å². The molecule has 9 heteroatoms. The number of aromatic amines is 1. The van der Waals surface area contributed by atoms with Crippen LogP contribution >= 0.6 is 11.6 Å². The second kappa shape index (κ2) is 5.68. The third kappa shape index (κ3) is 2.60. The largest absolute Gasteiger partial charge is 0.383 e. The molecule has 0 saturated carbocycles. The first-order valence-corrected chi connectivity index (χ1v) is 8.67. The predicted molar refractivity (Wildman–Crippen MR) is 106 cm³/mol. The lowest BCUT2D eigenvalue weighted by atomic mass is 10.1. The van der Waals surface area contributed by atoms with Gasteiger partial charge in [0.25, 0.3) is 0 Å². The molecule has 3 heterocycles. The smallest absolute Gasteiger partial charge is 0.248 e. The van der Waals surface area contributed by atoms with Crippen LogP contribution in [0, 0.1) is 0 Å². The molecule has 0 atom stereocenters. The molecule has 3 aromatic heterocycles. The van der Waals surface area contributed by atoms with Gasteiger partial charge in [0, 0.05) is 16.5 Å². The highest BCUT2D eigenvalue weighted by Crippen LogP contribution is 2.39. The van der Waals surface area contributed by atoms with Crippen molar-refractivity contribution in [1.29, 1.82) is 0 Å². The quantitative estimate of drug-likeness (QED) is 0.490. The third-order valence-corrected chi connectivity index (χ3v) is 4.78. The number of nitrogens with one attached hydrogen (secondary N) is 1. The van der Waals surface area contributed by atoms with Gasteiger partial charge in [0.05, 0.1) is 21.6 Å². The summed E-state index contributed by atoms with van der Waals surface area (Å²) in [6.07, 6.45) is 1.41. The zero-order valence-electron chi connectivity index (χ0n) is 15.0. The maximum Gasteiger partial charge on any atom is 0.248 e. The summed E-state index contributed by atoms with van der Waals surface area (Å²) in [5.74, 6) is -0.192. The van der Waals surface area contributed by atoms with E-state index in [1.54, 1.807) is 22.9 Å². The van der Waals surface area contributed by atoms with Gasteiger partial charge in [0.2, 0.25) is 5.91 Å². The number of primary amides is 1. The van der Waals surface area contributed by atoms with Crippen molar-refractivity contribution in [3.05, 3.63) is 35.1 Å². The second-order valence-corrected chi connectivity index (χ2v) is 7.71. The number of hydrogen-bond acceptors (Lipinski definition) is 5. The monoisotopic (exact) mass is 383 g/mol. The van der Waals surface area contributed by atoms with E-state index in [2.05, 4.69) is 15.0 Å². The van der Waals surface area contributed by atoms with E-state index in [0.717, 1.165) is 5.39 Å². The first kappa shape index (κ1) is 17.3. The zero-order chi connectivity index (χ0) is 19.5. The third-order valence-electron chi connectivity index (χ3n) is 4.39. The van der Waals surface area contributed by atoms with Crippen LogP contribution in [0.1, 0.15) is 31.1 Å². The van der Waals surface area contributed by atoms with Crippen LogP contribution in [0.25, 0.3) is 33.3 Å². The summed E-state index contributed by atoms with van der Waals surface area (Å²) in [5.41, 5.74) is 14.0. The summed E-state index contributed by atoms with van der Waals surface area (Å²) in [5, 5.41) is 6.59. The van der Waals surface area contributed by atoms with Gasteiger partial charge >= 0.3 is 0 Å². The first-order chi connectivity index (χ1) is 12.7. The first-order valence-electron chi connectivity index (χ1n) is 8.29. The number of anilines is 1. The van der Waals surface area contributed by atoms with E-state index in [0.29, 0.717) is 44.3 Å². The Balaban J connectivity index is 2.05. The van der Waals surface area contributed by atoms with Crippen LogP contribution in [0.15, 0.2) is 24.5 Å². The Labute approximate surface area is 159 Å². The fourth-order valence-corrected chi connectivity index (χ4v) is 3.40. The zero-order valence-corrected chi connectivity index (χ0v) is 15.8. The van der Waals surface area contributed by atoms with Gasteiger partial charge in [-0.25, -0.2) is 14.6 Å². The highest BCUT2D eigenvalue weighted by atomic mass is 35.5. The summed E-state index contributed by atoms with van der Waals surface area (Å²) < 4.78 is 1.80. The molecule has 1 amide bonds. The van der Waals surface area contributed by atoms with E-state index in [4.69, 9.17) is 28.2 Å². The predicted octanol–water partition coefficient (Wildman–Crippen LogP) is 3.06. The number of nitrogens with two attached hydrogens (primary N) is 2. The highest BCUT2D eigenvalue weighted by molar-refractivity contribution is 6.38. The molecule has 138 valence electrons. The number of halogens is 1. The van der Waals surface area contributed by atoms with Crippen LogP contribution < -0.4 is 11.5 Å². The van der Waals surface area contributed by atoms with Crippen molar-refractivity contribution >= 4 is 45.3 Å². The Morgan fingerprint density at radius 1 is 1.26 bits per heavy atom. The van der Waals surface area contributed by atoms with Gasteiger partial charge in [-0.05, 0) is 32.9 Å². The lowest BCUT2D eigenvalue weighted by molar-refractivity contribution is 0.100. The number of fused-ring (bicyclic) bond motifs is 2. The van der Waals surface area contributed by atoms with E-state index in [1.165, 1.54) is 6.33 Å². The van der Waals surface area contributed by atoms with Gasteiger partial charge in [-0.2, -0.15) is 5.10 Å². The van der Waals surface area contributed by atoms with Crippen molar-refractivity contribution < 1.29 is 4.79 Å². The number of benzene rings is 1. The summed E-state index contributed by atoms with van der Waals surface area (Å²) in [4.78, 5) is 23.2. The molecule has 4 rings (SSSR count). The Hall–Kier alpha value is -3.13. The molecule has 0 unspecified atom stereocenters. The number of nitrogens with zero attached hydrogens (tertiary/aromatic N) is 4. The van der Waals surface area contributed by atoms with Gasteiger partial charge in [0.15, 0.2) is 5.65 Å². The van der Waals surface area contributed by atoms with Crippen molar-refractivity contribution in [2.45, 2.75) is 26.3 Å². The molecule has 0 fully saturated rings. The maximum absolute atomic E-state index is 11.5. The molecule has 0 aliphatic rings. The summed E-state index contributed by atoms with van der Waals surface area (Å²) in [6.45, 7) is 6.06. The van der Waals surface area contributed by atoms with Crippen LogP contribution in [-0.2, 0) is 5.54 Å². The average Bonchev–Trinajstić information content (AvgIpc) is 3.13. The number of H-pyrrole nitrogens is 1. The lowest BCUT2D eigenvalue weighted by Crippen LogP contribution is -2.23. The Morgan fingerprint density at radius 2 is 2.00 bits per heavy atom. The molecular formula is C18H18ClN7O. The normalized spacial score (nSPS) is 12.1. The number of rotatable bonds is 2. The standard InChI is InChI=1S/C18H18ClN7O/c1-18(2,3)26-17-11(15(20)22-7-23-17)13(25-26)14-12(19)9-5-4-8(16(21)27)6-10(9)24-14/h4-7,24H,1-3H3,(H2,21,27)(H2,20,22,23). The van der Waals surface area contributed by atoms with E-state index in [9.17, 15) is 4.79 Å². The van der Waals surface area contributed by atoms with Crippen LogP contribution in [0.3, 0.4) is 0 Å². The molecule has 0 aliphatic carbocycles. The topological polar surface area (TPSA) is 128 Å². The molecular weight excluding hydrogens is 366 g/mol. The van der Waals surface area contributed by atoms with Gasteiger partial charge in [-0.3, -0.25) is 4.79 Å². The minimum Gasteiger partial charge on any atom is -0.383 e. The number of amides is 1. The molecule has 1 aromatic carbocycles. The van der Waals surface area contributed by atoms with Crippen LogP contribution in [0.4, 0.5) is 5.82 Å². The summed E-state index contributed by atoms with van der Waals surface area (Å²) >= 11 is 6.62. The number of hydrogen-bond donors (Lipinski definition) is 3. The molecule has 4 aromatic rings. The van der Waals surface area contributed by atoms with Crippen LogP contribution in [-0.4, -0.2) is 30.6 Å². The molecule has 0 saturated heterocycles. The van der Waals surface area contributed by atoms with E-state index < -0.39 is 5.91 Å². The minimum atomic E-state index is -0.510. The number of nitrogen functional groups attached to an aromatic ring is 1. The number of carbonyl (C=O) groups is 1. The average molecular weight is 384 g/mol. The fraction of sp³-hybridized carbons (Fsp3) is 0.222. The van der Waals surface area contributed by atoms with Crippen molar-refractivity contribution in [3.8, 4) is 11.4 Å². The Kier molecular flexibility index (Phi) is 3.64. The van der Waals surface area contributed by atoms with Crippen molar-refractivity contribution in [3.63, 3.8) is 0 Å². The van der Waals surface area contributed by atoms with E-state index in [1.807, 2.05) is 20.8 Å².